The van der Waals surface area contributed by atoms with Gasteiger partial charge in [-0.2, -0.15) is 4.98 Å². The molecular formula is C24H38N5O10P. The minimum absolute atomic E-state index is 0.105. The Hall–Kier alpha value is -3.00. The van der Waals surface area contributed by atoms with Crippen molar-refractivity contribution in [3.8, 4) is 0 Å². The van der Waals surface area contributed by atoms with Gasteiger partial charge in [-0.3, -0.25) is 13.6 Å². The molecular weight excluding hydrogens is 549 g/mol. The third-order valence-corrected chi connectivity index (χ3v) is 6.71. The van der Waals surface area contributed by atoms with Crippen LogP contribution < -0.4 is 5.73 Å². The van der Waals surface area contributed by atoms with Gasteiger partial charge in [0.1, 0.15) is 11.9 Å². The first-order chi connectivity index (χ1) is 18.6. The smallest absolute Gasteiger partial charge is 0.434 e. The number of fused-ring (bicyclic) bond motifs is 1. The topological polar surface area (TPSA) is 185 Å². The van der Waals surface area contributed by atoms with Crippen LogP contribution in [-0.4, -0.2) is 70.6 Å². The Morgan fingerprint density at radius 2 is 1.50 bits per heavy atom. The summed E-state index contributed by atoms with van der Waals surface area (Å²) in [4.78, 5) is 36.1. The molecule has 0 aliphatic heterocycles. The number of anilines is 1. The van der Waals surface area contributed by atoms with E-state index < -0.39 is 45.4 Å². The van der Waals surface area contributed by atoms with E-state index in [9.17, 15) is 14.2 Å². The van der Waals surface area contributed by atoms with Gasteiger partial charge in [0.2, 0.25) is 19.5 Å². The van der Waals surface area contributed by atoms with E-state index in [2.05, 4.69) is 15.0 Å². The summed E-state index contributed by atoms with van der Waals surface area (Å²) in [5.41, 5.74) is 5.55. The molecule has 2 N–H and O–H groups in total. The zero-order valence-corrected chi connectivity index (χ0v) is 24.6. The van der Waals surface area contributed by atoms with Crippen molar-refractivity contribution < 1.29 is 46.9 Å². The van der Waals surface area contributed by atoms with Crippen molar-refractivity contribution in [3.05, 3.63) is 12.5 Å². The maximum absolute atomic E-state index is 13.5. The van der Waals surface area contributed by atoms with E-state index in [1.807, 2.05) is 41.5 Å². The summed E-state index contributed by atoms with van der Waals surface area (Å²) in [6.07, 6.45) is 1.88. The SMILES string of the molecule is CC(C)(C)COC(=O)OCOP(=O)(COC1(Cn2cnc3cnc(N)nc32)CC1)OCOC(=O)OCC(C)(C)C. The number of ether oxygens (including phenoxy) is 5. The van der Waals surface area contributed by atoms with Gasteiger partial charge in [0, 0.05) is 0 Å². The molecule has 0 aromatic carbocycles. The lowest BCUT2D eigenvalue weighted by Crippen LogP contribution is -2.24. The first kappa shape index (κ1) is 31.5. The second kappa shape index (κ2) is 12.7. The van der Waals surface area contributed by atoms with Crippen LogP contribution in [0.4, 0.5) is 15.5 Å². The number of aromatic nitrogens is 4. The number of carbonyl (C=O) groups is 2. The number of carbonyl (C=O) groups excluding carboxylic acids is 2. The molecule has 40 heavy (non-hydrogen) atoms. The van der Waals surface area contributed by atoms with Crippen molar-refractivity contribution in [2.75, 3.05) is 38.9 Å². The lowest BCUT2D eigenvalue weighted by atomic mass is 9.99. The largest absolute Gasteiger partial charge is 0.510 e. The number of nitrogens with two attached hydrogens (primary N) is 1. The van der Waals surface area contributed by atoms with Gasteiger partial charge in [-0.25, -0.2) is 19.6 Å². The number of hydrogen-bond acceptors (Lipinski definition) is 14. The fourth-order valence-electron chi connectivity index (χ4n) is 3.05. The van der Waals surface area contributed by atoms with Gasteiger partial charge in [-0.15, -0.1) is 0 Å². The van der Waals surface area contributed by atoms with E-state index in [4.69, 9.17) is 38.5 Å². The third kappa shape index (κ3) is 10.5. The standard InChI is InChI=1S/C24H38N5O10P/c1-22(2,3)11-33-20(30)35-14-38-40(32,39-15-36-21(31)34-12-23(4,5)6)16-37-24(7-8-24)10-29-13-27-17-9-26-19(25)28-18(17)29/h9,13H,7-8,10-12,14-16H2,1-6H3,(H2,25,26,28). The first-order valence-corrected chi connectivity index (χ1v) is 14.3. The van der Waals surface area contributed by atoms with Crippen molar-refractivity contribution in [3.63, 3.8) is 0 Å². The van der Waals surface area contributed by atoms with Crippen LogP contribution in [0.15, 0.2) is 12.5 Å². The molecule has 2 aromatic heterocycles. The average Bonchev–Trinajstić information content (AvgIpc) is 3.52. The van der Waals surface area contributed by atoms with Crippen molar-refractivity contribution in [1.82, 2.24) is 19.5 Å². The molecule has 0 atom stereocenters. The van der Waals surface area contributed by atoms with Crippen molar-refractivity contribution >= 4 is 37.0 Å². The Morgan fingerprint density at radius 1 is 0.950 bits per heavy atom. The van der Waals surface area contributed by atoms with Crippen LogP contribution >= 0.6 is 7.60 Å². The fourth-order valence-corrected chi connectivity index (χ4v) is 4.14. The quantitative estimate of drug-likeness (QED) is 0.197. The van der Waals surface area contributed by atoms with Crippen LogP contribution in [-0.2, 0) is 43.8 Å². The maximum atomic E-state index is 13.5. The second-order valence-corrected chi connectivity index (χ2v) is 13.9. The Balaban J connectivity index is 1.58. The highest BCUT2D eigenvalue weighted by Gasteiger charge is 2.47. The average molecular weight is 588 g/mol. The third-order valence-electron chi connectivity index (χ3n) is 5.27. The molecule has 1 aliphatic rings. The van der Waals surface area contributed by atoms with E-state index in [-0.39, 0.29) is 30.0 Å². The molecule has 0 saturated heterocycles. The van der Waals surface area contributed by atoms with E-state index >= 15 is 0 Å². The minimum Gasteiger partial charge on any atom is -0.434 e. The van der Waals surface area contributed by atoms with Crippen LogP contribution in [0.5, 0.6) is 0 Å². The van der Waals surface area contributed by atoms with Crippen LogP contribution in [0.1, 0.15) is 54.4 Å². The predicted molar refractivity (Wildman–Crippen MR) is 141 cm³/mol. The van der Waals surface area contributed by atoms with Gasteiger partial charge in [0.15, 0.2) is 5.65 Å². The number of rotatable bonds is 13. The molecule has 0 bridgehead atoms. The molecule has 15 nitrogen and oxygen atoms in total. The second-order valence-electron chi connectivity index (χ2n) is 11.9. The number of imidazole rings is 1. The maximum Gasteiger partial charge on any atom is 0.510 e. The van der Waals surface area contributed by atoms with E-state index in [0.29, 0.717) is 30.6 Å². The van der Waals surface area contributed by atoms with Crippen LogP contribution in [0.3, 0.4) is 0 Å². The zero-order valence-electron chi connectivity index (χ0n) is 23.7. The summed E-state index contributed by atoms with van der Waals surface area (Å²) in [6, 6.07) is 0. The molecule has 2 heterocycles. The van der Waals surface area contributed by atoms with Gasteiger partial charge >= 0.3 is 19.9 Å². The van der Waals surface area contributed by atoms with Crippen LogP contribution in [0, 0.1) is 10.8 Å². The molecule has 1 fully saturated rings. The normalized spacial score (nSPS) is 15.1. The molecule has 1 saturated carbocycles. The summed E-state index contributed by atoms with van der Waals surface area (Å²) in [7, 11) is -4.10. The number of nitrogens with zero attached hydrogens (tertiary/aromatic N) is 4. The highest BCUT2D eigenvalue weighted by Crippen LogP contribution is 2.52. The summed E-state index contributed by atoms with van der Waals surface area (Å²) >= 11 is 0. The van der Waals surface area contributed by atoms with Crippen LogP contribution in [0.25, 0.3) is 11.2 Å². The highest BCUT2D eigenvalue weighted by atomic mass is 31.2. The summed E-state index contributed by atoms with van der Waals surface area (Å²) < 4.78 is 51.5. The molecule has 0 amide bonds. The number of nitrogen functional groups attached to an aromatic ring is 1. The Labute approximate surface area is 232 Å². The molecule has 2 aromatic rings. The molecule has 224 valence electrons. The highest BCUT2D eigenvalue weighted by molar-refractivity contribution is 7.53. The Morgan fingerprint density at radius 3 is 2.00 bits per heavy atom. The molecule has 0 spiro atoms. The zero-order chi connectivity index (χ0) is 29.6. The monoisotopic (exact) mass is 587 g/mol. The molecule has 0 radical (unpaired) electrons. The lowest BCUT2D eigenvalue weighted by Gasteiger charge is -2.23. The molecule has 16 heteroatoms. The fraction of sp³-hybridized carbons (Fsp3) is 0.708. The van der Waals surface area contributed by atoms with Gasteiger partial charge in [0.25, 0.3) is 0 Å². The number of hydrogen-bond donors (Lipinski definition) is 1. The van der Waals surface area contributed by atoms with Crippen molar-refractivity contribution in [2.45, 2.75) is 66.5 Å². The van der Waals surface area contributed by atoms with E-state index in [1.54, 1.807) is 10.9 Å². The van der Waals surface area contributed by atoms with Crippen molar-refractivity contribution in [1.29, 1.82) is 0 Å². The van der Waals surface area contributed by atoms with E-state index in [0.717, 1.165) is 0 Å². The van der Waals surface area contributed by atoms with Gasteiger partial charge < -0.3 is 34.0 Å². The Kier molecular flexibility index (Phi) is 9.99. The predicted octanol–water partition coefficient (Wildman–Crippen LogP) is 4.46. The van der Waals surface area contributed by atoms with Gasteiger partial charge in [0.05, 0.1) is 37.9 Å². The molecule has 0 unspecified atom stereocenters. The lowest BCUT2D eigenvalue weighted by molar-refractivity contribution is -0.0390. The first-order valence-electron chi connectivity index (χ1n) is 12.6. The summed E-state index contributed by atoms with van der Waals surface area (Å²) in [6.45, 7) is 10.3. The Bertz CT molecular complexity index is 1180. The van der Waals surface area contributed by atoms with E-state index in [1.165, 1.54) is 6.20 Å². The summed E-state index contributed by atoms with van der Waals surface area (Å²) in [5, 5.41) is 0. The summed E-state index contributed by atoms with van der Waals surface area (Å²) in [5.74, 6) is 0.105. The van der Waals surface area contributed by atoms with Gasteiger partial charge in [-0.1, -0.05) is 41.5 Å². The van der Waals surface area contributed by atoms with Gasteiger partial charge in [-0.05, 0) is 23.7 Å². The van der Waals surface area contributed by atoms with Crippen molar-refractivity contribution in [2.24, 2.45) is 10.8 Å². The van der Waals surface area contributed by atoms with Crippen LogP contribution in [0.2, 0.25) is 0 Å². The molecule has 3 rings (SSSR count). The molecule has 1 aliphatic carbocycles. The minimum atomic E-state index is -4.10.